The quantitative estimate of drug-likeness (QED) is 0.516. The van der Waals surface area contributed by atoms with Crippen LogP contribution in [0, 0.1) is 0 Å². The van der Waals surface area contributed by atoms with Gasteiger partial charge < -0.3 is 18.9 Å². The van der Waals surface area contributed by atoms with E-state index >= 15 is 0 Å². The fraction of sp³-hybridized carbons (Fsp3) is 0.923. The van der Waals surface area contributed by atoms with Gasteiger partial charge in [-0.05, 0) is 19.9 Å². The standard InChI is InChI=1S/C13H23NO5/c1-2-17-12(15)10-16-7-6-14-5-3-4-13(11-14)18-8-9-19-13/h2-11H2,1H3. The van der Waals surface area contributed by atoms with Crippen LogP contribution in [0.5, 0.6) is 0 Å². The summed E-state index contributed by atoms with van der Waals surface area (Å²) in [4.78, 5) is 13.4. The Bertz CT molecular complexity index is 291. The van der Waals surface area contributed by atoms with Crippen LogP contribution >= 0.6 is 0 Å². The molecular formula is C13H23NO5. The van der Waals surface area contributed by atoms with E-state index in [0.717, 1.165) is 32.5 Å². The Kier molecular flexibility index (Phi) is 5.57. The second-order valence-electron chi connectivity index (χ2n) is 4.84. The number of carbonyl (C=O) groups excluding carboxylic acids is 1. The Morgan fingerprint density at radius 3 is 2.89 bits per heavy atom. The van der Waals surface area contributed by atoms with Gasteiger partial charge in [0.05, 0.1) is 33.0 Å². The molecule has 0 amide bonds. The molecule has 1 spiro atoms. The van der Waals surface area contributed by atoms with Gasteiger partial charge in [-0.3, -0.25) is 4.90 Å². The number of likely N-dealkylation sites (tertiary alicyclic amines) is 1. The summed E-state index contributed by atoms with van der Waals surface area (Å²) in [6.07, 6.45) is 2.03. The molecular weight excluding hydrogens is 250 g/mol. The van der Waals surface area contributed by atoms with E-state index in [1.54, 1.807) is 6.92 Å². The first-order valence-electron chi connectivity index (χ1n) is 6.98. The van der Waals surface area contributed by atoms with E-state index in [4.69, 9.17) is 18.9 Å². The fourth-order valence-electron chi connectivity index (χ4n) is 2.55. The molecule has 0 bridgehead atoms. The van der Waals surface area contributed by atoms with Gasteiger partial charge in [-0.2, -0.15) is 0 Å². The van der Waals surface area contributed by atoms with Crippen LogP contribution < -0.4 is 0 Å². The summed E-state index contributed by atoms with van der Waals surface area (Å²) < 4.78 is 21.5. The number of nitrogens with zero attached hydrogens (tertiary/aromatic N) is 1. The molecule has 0 saturated carbocycles. The van der Waals surface area contributed by atoms with Gasteiger partial charge in [0.1, 0.15) is 6.61 Å². The first-order valence-corrected chi connectivity index (χ1v) is 6.98. The topological polar surface area (TPSA) is 57.2 Å². The zero-order chi connectivity index (χ0) is 13.6. The van der Waals surface area contributed by atoms with Crippen molar-refractivity contribution in [3.63, 3.8) is 0 Å². The van der Waals surface area contributed by atoms with Crippen molar-refractivity contribution in [3.05, 3.63) is 0 Å². The van der Waals surface area contributed by atoms with Crippen molar-refractivity contribution in [1.29, 1.82) is 0 Å². The third-order valence-corrected chi connectivity index (χ3v) is 3.39. The van der Waals surface area contributed by atoms with Crippen LogP contribution in [0.4, 0.5) is 0 Å². The van der Waals surface area contributed by atoms with Crippen LogP contribution in [0.1, 0.15) is 19.8 Å². The maximum Gasteiger partial charge on any atom is 0.332 e. The van der Waals surface area contributed by atoms with Crippen molar-refractivity contribution in [3.8, 4) is 0 Å². The minimum Gasteiger partial charge on any atom is -0.464 e. The predicted octanol–water partition coefficient (Wildman–Crippen LogP) is 0.405. The summed E-state index contributed by atoms with van der Waals surface area (Å²) in [5.74, 6) is -0.695. The molecule has 0 N–H and O–H groups in total. The number of carbonyl (C=O) groups is 1. The van der Waals surface area contributed by atoms with Gasteiger partial charge in [0.2, 0.25) is 0 Å². The average Bonchev–Trinajstić information content (AvgIpc) is 2.83. The molecule has 6 nitrogen and oxygen atoms in total. The van der Waals surface area contributed by atoms with Crippen molar-refractivity contribution < 1.29 is 23.7 Å². The monoisotopic (exact) mass is 273 g/mol. The molecule has 0 aromatic carbocycles. The van der Waals surface area contributed by atoms with Crippen LogP contribution in [-0.2, 0) is 23.7 Å². The van der Waals surface area contributed by atoms with Crippen molar-refractivity contribution in [2.45, 2.75) is 25.6 Å². The van der Waals surface area contributed by atoms with Crippen LogP contribution in [0.15, 0.2) is 0 Å². The SMILES string of the molecule is CCOC(=O)COCCN1CCCC2(C1)OCCO2. The van der Waals surface area contributed by atoms with E-state index < -0.39 is 0 Å². The van der Waals surface area contributed by atoms with Gasteiger partial charge in [0, 0.05) is 13.0 Å². The van der Waals surface area contributed by atoms with Crippen molar-refractivity contribution in [2.75, 3.05) is 52.7 Å². The molecule has 0 aromatic rings. The van der Waals surface area contributed by atoms with Gasteiger partial charge >= 0.3 is 5.97 Å². The fourth-order valence-corrected chi connectivity index (χ4v) is 2.55. The van der Waals surface area contributed by atoms with E-state index in [1.807, 2.05) is 0 Å². The molecule has 6 heteroatoms. The largest absolute Gasteiger partial charge is 0.464 e. The van der Waals surface area contributed by atoms with Crippen LogP contribution in [0.25, 0.3) is 0 Å². The minimum atomic E-state index is -0.389. The number of hydrogen-bond acceptors (Lipinski definition) is 6. The summed E-state index contributed by atoms with van der Waals surface area (Å²) in [5.41, 5.74) is 0. The zero-order valence-corrected chi connectivity index (χ0v) is 11.6. The Hall–Kier alpha value is -0.690. The number of hydrogen-bond donors (Lipinski definition) is 0. The highest BCUT2D eigenvalue weighted by atomic mass is 16.7. The summed E-state index contributed by atoms with van der Waals surface area (Å²) in [7, 11) is 0. The highest BCUT2D eigenvalue weighted by Gasteiger charge is 2.40. The third-order valence-electron chi connectivity index (χ3n) is 3.39. The molecule has 2 rings (SSSR count). The molecule has 0 radical (unpaired) electrons. The molecule has 2 aliphatic heterocycles. The Morgan fingerprint density at radius 2 is 2.16 bits per heavy atom. The van der Waals surface area contributed by atoms with Gasteiger partial charge in [0.25, 0.3) is 0 Å². The number of piperidine rings is 1. The first kappa shape index (κ1) is 14.7. The zero-order valence-electron chi connectivity index (χ0n) is 11.6. The Balaban J connectivity index is 1.62. The van der Waals surface area contributed by atoms with E-state index in [1.165, 1.54) is 0 Å². The predicted molar refractivity (Wildman–Crippen MR) is 67.8 cm³/mol. The molecule has 2 fully saturated rings. The van der Waals surface area contributed by atoms with Crippen molar-refractivity contribution in [2.24, 2.45) is 0 Å². The van der Waals surface area contributed by atoms with Gasteiger partial charge in [-0.25, -0.2) is 4.79 Å². The summed E-state index contributed by atoms with van der Waals surface area (Å²) in [5, 5.41) is 0. The molecule has 2 saturated heterocycles. The highest BCUT2D eigenvalue weighted by molar-refractivity contribution is 5.70. The minimum absolute atomic E-state index is 0.0276. The van der Waals surface area contributed by atoms with E-state index in [-0.39, 0.29) is 18.4 Å². The lowest BCUT2D eigenvalue weighted by Crippen LogP contribution is -2.49. The summed E-state index contributed by atoms with van der Waals surface area (Å²) >= 11 is 0. The Labute approximate surface area is 113 Å². The molecule has 0 unspecified atom stereocenters. The first-order chi connectivity index (χ1) is 9.24. The van der Waals surface area contributed by atoms with Gasteiger partial charge in [-0.1, -0.05) is 0 Å². The molecule has 2 heterocycles. The summed E-state index contributed by atoms with van der Waals surface area (Å²) in [6, 6.07) is 0. The van der Waals surface area contributed by atoms with Crippen LogP contribution in [-0.4, -0.2) is 69.3 Å². The lowest BCUT2D eigenvalue weighted by atomic mass is 10.0. The second-order valence-corrected chi connectivity index (χ2v) is 4.84. The normalized spacial score (nSPS) is 22.8. The lowest BCUT2D eigenvalue weighted by Gasteiger charge is -2.38. The summed E-state index contributed by atoms with van der Waals surface area (Å²) in [6.45, 7) is 6.70. The smallest absolute Gasteiger partial charge is 0.332 e. The highest BCUT2D eigenvalue weighted by Crippen LogP contribution is 2.29. The molecule has 2 aliphatic rings. The average molecular weight is 273 g/mol. The van der Waals surface area contributed by atoms with Crippen LogP contribution in [0.3, 0.4) is 0 Å². The maximum absolute atomic E-state index is 11.1. The lowest BCUT2D eigenvalue weighted by molar-refractivity contribution is -0.190. The van der Waals surface area contributed by atoms with Crippen molar-refractivity contribution in [1.82, 2.24) is 4.90 Å². The number of ether oxygens (including phenoxy) is 4. The molecule has 0 aromatic heterocycles. The number of esters is 1. The van der Waals surface area contributed by atoms with E-state index in [2.05, 4.69) is 4.90 Å². The van der Waals surface area contributed by atoms with Crippen LogP contribution in [0.2, 0.25) is 0 Å². The molecule has 110 valence electrons. The van der Waals surface area contributed by atoms with Crippen molar-refractivity contribution >= 4 is 5.97 Å². The molecule has 19 heavy (non-hydrogen) atoms. The van der Waals surface area contributed by atoms with E-state index in [9.17, 15) is 4.79 Å². The third kappa shape index (κ3) is 4.42. The maximum atomic E-state index is 11.1. The van der Waals surface area contributed by atoms with E-state index in [0.29, 0.717) is 26.4 Å². The van der Waals surface area contributed by atoms with Gasteiger partial charge in [-0.15, -0.1) is 0 Å². The Morgan fingerprint density at radius 1 is 1.37 bits per heavy atom. The van der Waals surface area contributed by atoms with Gasteiger partial charge in [0.15, 0.2) is 5.79 Å². The molecule has 0 atom stereocenters. The second kappa shape index (κ2) is 7.19. The molecule has 0 aliphatic carbocycles. The number of rotatable bonds is 6.